The lowest BCUT2D eigenvalue weighted by molar-refractivity contribution is 0.603. The quantitative estimate of drug-likeness (QED) is 0.729. The molecule has 0 spiro atoms. The summed E-state index contributed by atoms with van der Waals surface area (Å²) in [7, 11) is -3.74. The van der Waals surface area contributed by atoms with E-state index in [1.165, 1.54) is 6.07 Å². The lowest BCUT2D eigenvalue weighted by Crippen LogP contribution is -2.17. The van der Waals surface area contributed by atoms with E-state index in [1.54, 1.807) is 25.1 Å². The second-order valence-corrected chi connectivity index (χ2v) is 9.10. The average molecular weight is 426 g/mol. The predicted octanol–water partition coefficient (Wildman–Crippen LogP) is 3.91. The fraction of sp³-hybridized carbons (Fsp3) is 0.0833. The molecule has 0 fully saturated rings. The van der Waals surface area contributed by atoms with Crippen LogP contribution in [-0.2, 0) is 10.0 Å². The van der Waals surface area contributed by atoms with Gasteiger partial charge in [0.1, 0.15) is 9.20 Å². The first-order valence-electron chi connectivity index (χ1n) is 5.59. The van der Waals surface area contributed by atoms with E-state index in [0.717, 1.165) is 11.3 Å². The van der Waals surface area contributed by atoms with Gasteiger partial charge >= 0.3 is 0 Å². The van der Waals surface area contributed by atoms with Crippen LogP contribution in [-0.4, -0.2) is 13.4 Å². The molecule has 0 atom stereocenters. The molecule has 1 heterocycles. The van der Waals surface area contributed by atoms with Crippen molar-refractivity contribution in [3.05, 3.63) is 44.2 Å². The standard InChI is InChI=1S/C12H10BrClN2O2S3/c1-6-4-10(20-11(6)14)21(17,18)16-9-5-7(13)2-3-8(9)12(15)19/h2-5,16H,1H3,(H2,15,19). The normalized spacial score (nSPS) is 11.4. The number of nitrogens with two attached hydrogens (primary N) is 1. The zero-order chi connectivity index (χ0) is 15.8. The summed E-state index contributed by atoms with van der Waals surface area (Å²) in [6.07, 6.45) is 0. The van der Waals surface area contributed by atoms with E-state index in [4.69, 9.17) is 29.6 Å². The van der Waals surface area contributed by atoms with E-state index in [9.17, 15) is 8.42 Å². The van der Waals surface area contributed by atoms with E-state index in [1.807, 2.05) is 0 Å². The van der Waals surface area contributed by atoms with Gasteiger partial charge in [-0.3, -0.25) is 4.72 Å². The Kier molecular flexibility index (Phi) is 4.94. The van der Waals surface area contributed by atoms with E-state index in [2.05, 4.69) is 20.7 Å². The van der Waals surface area contributed by atoms with Gasteiger partial charge in [0.15, 0.2) is 0 Å². The molecule has 112 valence electrons. The summed E-state index contributed by atoms with van der Waals surface area (Å²) in [5, 5.41) is 0. The molecule has 3 N–H and O–H groups in total. The Morgan fingerprint density at radius 2 is 2.10 bits per heavy atom. The highest BCUT2D eigenvalue weighted by atomic mass is 79.9. The number of nitrogens with one attached hydrogen (secondary N) is 1. The summed E-state index contributed by atoms with van der Waals surface area (Å²) in [5.41, 5.74) is 7.10. The van der Waals surface area contributed by atoms with E-state index in [0.29, 0.717) is 25.6 Å². The maximum absolute atomic E-state index is 12.4. The van der Waals surface area contributed by atoms with Crippen molar-refractivity contribution in [2.75, 3.05) is 4.72 Å². The fourth-order valence-electron chi connectivity index (χ4n) is 1.58. The minimum atomic E-state index is -3.74. The highest BCUT2D eigenvalue weighted by molar-refractivity contribution is 9.10. The molecular formula is C12H10BrClN2O2S3. The molecule has 1 aromatic heterocycles. The van der Waals surface area contributed by atoms with Crippen molar-refractivity contribution in [2.45, 2.75) is 11.1 Å². The van der Waals surface area contributed by atoms with Gasteiger partial charge in [0.05, 0.1) is 10.0 Å². The Morgan fingerprint density at radius 3 is 2.62 bits per heavy atom. The van der Waals surface area contributed by atoms with Crippen LogP contribution in [0.4, 0.5) is 5.69 Å². The molecular weight excluding hydrogens is 416 g/mol. The molecule has 1 aromatic carbocycles. The number of hydrogen-bond donors (Lipinski definition) is 2. The first-order valence-corrected chi connectivity index (χ1v) is 9.46. The second kappa shape index (κ2) is 6.21. The topological polar surface area (TPSA) is 72.2 Å². The lowest BCUT2D eigenvalue weighted by Gasteiger charge is -2.11. The fourth-order valence-corrected chi connectivity index (χ4v) is 4.89. The molecule has 0 saturated carbocycles. The smallest absolute Gasteiger partial charge is 0.271 e. The average Bonchev–Trinajstić information content (AvgIpc) is 2.69. The molecule has 0 radical (unpaired) electrons. The maximum Gasteiger partial charge on any atom is 0.271 e. The van der Waals surface area contributed by atoms with Crippen LogP contribution in [0.5, 0.6) is 0 Å². The molecule has 0 bridgehead atoms. The Bertz CT molecular complexity index is 798. The summed E-state index contributed by atoms with van der Waals surface area (Å²) in [5.74, 6) is 0. The van der Waals surface area contributed by atoms with E-state index in [-0.39, 0.29) is 9.20 Å². The lowest BCUT2D eigenvalue weighted by atomic mass is 10.2. The second-order valence-electron chi connectivity index (χ2n) is 4.18. The number of hydrogen-bond acceptors (Lipinski definition) is 4. The third kappa shape index (κ3) is 3.75. The van der Waals surface area contributed by atoms with Crippen LogP contribution < -0.4 is 10.5 Å². The summed E-state index contributed by atoms with van der Waals surface area (Å²) in [6, 6.07) is 6.51. The van der Waals surface area contributed by atoms with Gasteiger partial charge in [-0.15, -0.1) is 11.3 Å². The Hall–Kier alpha value is -0.670. The predicted molar refractivity (Wildman–Crippen MR) is 94.9 cm³/mol. The molecule has 2 rings (SSSR count). The molecule has 0 aliphatic carbocycles. The highest BCUT2D eigenvalue weighted by Gasteiger charge is 2.20. The van der Waals surface area contributed by atoms with Crippen LogP contribution in [0.2, 0.25) is 4.34 Å². The van der Waals surface area contributed by atoms with Crippen molar-refractivity contribution in [3.8, 4) is 0 Å². The van der Waals surface area contributed by atoms with Crippen LogP contribution in [0.1, 0.15) is 11.1 Å². The number of halogens is 2. The minimum Gasteiger partial charge on any atom is -0.389 e. The third-order valence-corrected chi connectivity index (χ3v) is 6.70. The third-order valence-electron chi connectivity index (χ3n) is 2.59. The maximum atomic E-state index is 12.4. The molecule has 9 heteroatoms. The Morgan fingerprint density at radius 1 is 1.43 bits per heavy atom. The van der Waals surface area contributed by atoms with Gasteiger partial charge in [-0.05, 0) is 36.8 Å². The van der Waals surface area contributed by atoms with Crippen LogP contribution in [0.15, 0.2) is 32.9 Å². The molecule has 0 amide bonds. The molecule has 0 aliphatic heterocycles. The Labute approximate surface area is 145 Å². The van der Waals surface area contributed by atoms with Gasteiger partial charge in [-0.2, -0.15) is 0 Å². The molecule has 0 saturated heterocycles. The zero-order valence-electron chi connectivity index (χ0n) is 10.7. The van der Waals surface area contributed by atoms with Gasteiger partial charge in [0, 0.05) is 10.0 Å². The minimum absolute atomic E-state index is 0.112. The monoisotopic (exact) mass is 424 g/mol. The number of thiocarbonyl (C=S) groups is 1. The molecule has 4 nitrogen and oxygen atoms in total. The van der Waals surface area contributed by atoms with Gasteiger partial charge < -0.3 is 5.73 Å². The number of thiophene rings is 1. The largest absolute Gasteiger partial charge is 0.389 e. The SMILES string of the molecule is Cc1cc(S(=O)(=O)Nc2cc(Br)ccc2C(N)=S)sc1Cl. The van der Waals surface area contributed by atoms with Crippen LogP contribution in [0.3, 0.4) is 0 Å². The summed E-state index contributed by atoms with van der Waals surface area (Å²) < 4.78 is 28.6. The van der Waals surface area contributed by atoms with Crippen molar-refractivity contribution in [1.82, 2.24) is 0 Å². The van der Waals surface area contributed by atoms with Crippen molar-refractivity contribution in [2.24, 2.45) is 5.73 Å². The Balaban J connectivity index is 2.45. The van der Waals surface area contributed by atoms with Crippen LogP contribution in [0.25, 0.3) is 0 Å². The first kappa shape index (κ1) is 16.7. The number of anilines is 1. The highest BCUT2D eigenvalue weighted by Crippen LogP contribution is 2.32. The van der Waals surface area contributed by atoms with Crippen molar-refractivity contribution in [3.63, 3.8) is 0 Å². The molecule has 0 unspecified atom stereocenters. The molecule has 0 aliphatic rings. The van der Waals surface area contributed by atoms with Crippen LogP contribution >= 0.6 is 51.1 Å². The summed E-state index contributed by atoms with van der Waals surface area (Å²) in [4.78, 5) is 0.112. The number of sulfonamides is 1. The number of benzene rings is 1. The van der Waals surface area contributed by atoms with Crippen molar-refractivity contribution < 1.29 is 8.42 Å². The number of aryl methyl sites for hydroxylation is 1. The summed E-state index contributed by atoms with van der Waals surface area (Å²) in [6.45, 7) is 1.75. The van der Waals surface area contributed by atoms with Gasteiger partial charge in [-0.25, -0.2) is 8.42 Å². The first-order chi connectivity index (χ1) is 9.70. The molecule has 21 heavy (non-hydrogen) atoms. The van der Waals surface area contributed by atoms with Crippen molar-refractivity contribution >= 4 is 71.8 Å². The van der Waals surface area contributed by atoms with E-state index < -0.39 is 10.0 Å². The van der Waals surface area contributed by atoms with Gasteiger partial charge in [-0.1, -0.05) is 39.7 Å². The van der Waals surface area contributed by atoms with Crippen molar-refractivity contribution in [1.29, 1.82) is 0 Å². The summed E-state index contributed by atoms with van der Waals surface area (Å²) >= 11 is 15.1. The number of rotatable bonds is 4. The molecule has 2 aromatic rings. The zero-order valence-corrected chi connectivity index (χ0v) is 15.5. The van der Waals surface area contributed by atoms with Gasteiger partial charge in [0.2, 0.25) is 0 Å². The van der Waals surface area contributed by atoms with E-state index >= 15 is 0 Å². The van der Waals surface area contributed by atoms with Gasteiger partial charge in [0.25, 0.3) is 10.0 Å². The van der Waals surface area contributed by atoms with Crippen LogP contribution in [0, 0.1) is 6.92 Å².